The summed E-state index contributed by atoms with van der Waals surface area (Å²) in [5.41, 5.74) is 2.68. The first kappa shape index (κ1) is 24.9. The third-order valence-electron chi connectivity index (χ3n) is 4.46. The molecular formula is C23H22N4O5S2. The van der Waals surface area contributed by atoms with E-state index in [4.69, 9.17) is 9.47 Å². The number of carbonyl (C=O) groups is 1. The first-order valence-corrected chi connectivity index (χ1v) is 12.7. The Morgan fingerprint density at radius 3 is 2.47 bits per heavy atom. The Balaban J connectivity index is 1.55. The predicted molar refractivity (Wildman–Crippen MR) is 129 cm³/mol. The molecule has 1 N–H and O–H groups in total. The Labute approximate surface area is 201 Å². The van der Waals surface area contributed by atoms with Crippen molar-refractivity contribution >= 4 is 38.5 Å². The number of aromatic nitrogens is 2. The monoisotopic (exact) mass is 498 g/mol. The molecule has 0 spiro atoms. The molecule has 0 fully saturated rings. The predicted octanol–water partition coefficient (Wildman–Crippen LogP) is 3.56. The van der Waals surface area contributed by atoms with Gasteiger partial charge < -0.3 is 9.47 Å². The second-order valence-electron chi connectivity index (χ2n) is 7.31. The molecule has 0 aliphatic rings. The molecule has 0 unspecified atom stereocenters. The fourth-order valence-electron chi connectivity index (χ4n) is 2.82. The second-order valence-corrected chi connectivity index (χ2v) is 9.97. The van der Waals surface area contributed by atoms with Gasteiger partial charge in [-0.15, -0.1) is 0 Å². The number of hydrogen-bond acceptors (Lipinski definition) is 9. The van der Waals surface area contributed by atoms with E-state index in [1.807, 2.05) is 32.0 Å². The number of amides is 1. The highest BCUT2D eigenvalue weighted by Crippen LogP contribution is 2.20. The van der Waals surface area contributed by atoms with Crippen molar-refractivity contribution < 1.29 is 22.7 Å². The highest BCUT2D eigenvalue weighted by atomic mass is 32.2. The molecule has 1 amide bonds. The minimum Gasteiger partial charge on any atom is -0.490 e. The van der Waals surface area contributed by atoms with E-state index in [9.17, 15) is 18.5 Å². The smallest absolute Gasteiger partial charge is 0.268 e. The van der Waals surface area contributed by atoms with Crippen molar-refractivity contribution in [1.82, 2.24) is 9.36 Å². The number of anilines is 1. The fourth-order valence-corrected chi connectivity index (χ4v) is 4.26. The Morgan fingerprint density at radius 2 is 1.85 bits per heavy atom. The molecule has 1 heterocycles. The van der Waals surface area contributed by atoms with Crippen molar-refractivity contribution in [2.45, 2.75) is 19.0 Å². The van der Waals surface area contributed by atoms with Crippen LogP contribution in [0.1, 0.15) is 16.7 Å². The summed E-state index contributed by atoms with van der Waals surface area (Å²) in [4.78, 5) is 16.1. The molecule has 0 saturated carbocycles. The lowest BCUT2D eigenvalue weighted by Gasteiger charge is -2.11. The van der Waals surface area contributed by atoms with Gasteiger partial charge in [-0.3, -0.25) is 10.1 Å². The number of carbonyl (C=O) groups excluding carboxylic acids is 1. The van der Waals surface area contributed by atoms with Gasteiger partial charge in [0.05, 0.1) is 0 Å². The van der Waals surface area contributed by atoms with Gasteiger partial charge in [0.25, 0.3) is 11.1 Å². The molecular weight excluding hydrogens is 476 g/mol. The van der Waals surface area contributed by atoms with E-state index in [1.54, 1.807) is 24.3 Å². The van der Waals surface area contributed by atoms with Crippen LogP contribution >= 0.6 is 11.5 Å². The van der Waals surface area contributed by atoms with Crippen LogP contribution in [0.5, 0.6) is 11.5 Å². The van der Waals surface area contributed by atoms with Crippen LogP contribution < -0.4 is 14.8 Å². The highest BCUT2D eigenvalue weighted by Gasteiger charge is 2.17. The zero-order chi connectivity index (χ0) is 24.7. The molecule has 0 aliphatic carbocycles. The normalized spacial score (nSPS) is 11.5. The van der Waals surface area contributed by atoms with Crippen LogP contribution in [0.3, 0.4) is 0 Å². The largest absolute Gasteiger partial charge is 0.490 e. The van der Waals surface area contributed by atoms with E-state index in [1.165, 1.54) is 11.6 Å². The van der Waals surface area contributed by atoms with Crippen LogP contribution in [0.25, 0.3) is 6.08 Å². The summed E-state index contributed by atoms with van der Waals surface area (Å²) in [6, 6.07) is 14.7. The summed E-state index contributed by atoms with van der Waals surface area (Å²) in [6.45, 7) is 4.76. The molecule has 0 radical (unpaired) electrons. The van der Waals surface area contributed by atoms with E-state index in [0.717, 1.165) is 17.6 Å². The number of hydrogen-bond donors (Lipinski definition) is 1. The molecule has 0 aliphatic heterocycles. The van der Waals surface area contributed by atoms with E-state index in [2.05, 4.69) is 20.7 Å². The van der Waals surface area contributed by atoms with Gasteiger partial charge in [0, 0.05) is 17.8 Å². The topological polar surface area (TPSA) is 131 Å². The lowest BCUT2D eigenvalue weighted by Crippen LogP contribution is -2.13. The van der Waals surface area contributed by atoms with Gasteiger partial charge in [0.15, 0.2) is 0 Å². The number of nitriles is 1. The molecule has 0 saturated heterocycles. The number of rotatable bonds is 9. The maximum absolute atomic E-state index is 12.4. The van der Waals surface area contributed by atoms with Gasteiger partial charge >= 0.3 is 0 Å². The minimum absolute atomic E-state index is 0.0154. The van der Waals surface area contributed by atoms with E-state index in [-0.39, 0.29) is 15.9 Å². The number of benzene rings is 2. The van der Waals surface area contributed by atoms with Crippen LogP contribution in [0, 0.1) is 25.2 Å². The van der Waals surface area contributed by atoms with Gasteiger partial charge in [-0.25, -0.2) is 8.42 Å². The first-order chi connectivity index (χ1) is 16.2. The zero-order valence-corrected chi connectivity index (χ0v) is 20.4. The van der Waals surface area contributed by atoms with Crippen molar-refractivity contribution in [2.75, 3.05) is 24.8 Å². The van der Waals surface area contributed by atoms with Gasteiger partial charge in [0.1, 0.15) is 36.4 Å². The van der Waals surface area contributed by atoms with Crippen LogP contribution in [0.4, 0.5) is 5.13 Å². The molecule has 3 rings (SSSR count). The van der Waals surface area contributed by atoms with E-state index < -0.39 is 15.7 Å². The quantitative estimate of drug-likeness (QED) is 0.269. The number of sulfone groups is 1. The Bertz CT molecular complexity index is 1360. The molecule has 34 heavy (non-hydrogen) atoms. The van der Waals surface area contributed by atoms with Gasteiger partial charge in [0.2, 0.25) is 15.0 Å². The third-order valence-corrected chi connectivity index (χ3v) is 6.05. The summed E-state index contributed by atoms with van der Waals surface area (Å²) < 4.78 is 38.0. The summed E-state index contributed by atoms with van der Waals surface area (Å²) in [6.07, 6.45) is 2.37. The summed E-state index contributed by atoms with van der Waals surface area (Å²) in [5.74, 6) is 0.715. The zero-order valence-electron chi connectivity index (χ0n) is 18.7. The maximum Gasteiger partial charge on any atom is 0.268 e. The van der Waals surface area contributed by atoms with Crippen LogP contribution in [0.15, 0.2) is 53.2 Å². The lowest BCUT2D eigenvalue weighted by atomic mass is 10.1. The number of ether oxygens (including phenoxy) is 2. The molecule has 2 aromatic carbocycles. The molecule has 11 heteroatoms. The van der Waals surface area contributed by atoms with Crippen LogP contribution in [0.2, 0.25) is 0 Å². The third kappa shape index (κ3) is 6.87. The molecule has 9 nitrogen and oxygen atoms in total. The average molecular weight is 499 g/mol. The molecule has 0 bridgehead atoms. The molecule has 0 atom stereocenters. The summed E-state index contributed by atoms with van der Waals surface area (Å²) >= 11 is 0.714. The Hall–Kier alpha value is -3.75. The van der Waals surface area contributed by atoms with Gasteiger partial charge in [-0.1, -0.05) is 29.8 Å². The Kier molecular flexibility index (Phi) is 7.99. The van der Waals surface area contributed by atoms with Gasteiger partial charge in [-0.2, -0.15) is 14.6 Å². The second kappa shape index (κ2) is 10.9. The SMILES string of the molecule is Cc1ccc(OCCOc2ccc(C=C(C#N)C(=O)Nc3nc(S(C)(=O)=O)ns3)cc2)c(C)c1. The standard InChI is InChI=1S/C23H22N4O5S2/c1-15-4-9-20(16(2)12-15)32-11-10-31-19-7-5-17(6-8-19)13-18(14-24)21(28)25-22-26-23(27-33-22)34(3,29)30/h4-9,12-13H,10-11H2,1-3H3,(H,25,26,27,28). The average Bonchev–Trinajstić information content (AvgIpc) is 3.26. The van der Waals surface area contributed by atoms with Crippen molar-refractivity contribution in [3.8, 4) is 17.6 Å². The van der Waals surface area contributed by atoms with Gasteiger partial charge in [-0.05, 0) is 49.2 Å². The fraction of sp³-hybridized carbons (Fsp3) is 0.217. The number of aryl methyl sites for hydroxylation is 2. The number of nitrogens with zero attached hydrogens (tertiary/aromatic N) is 3. The maximum atomic E-state index is 12.4. The Morgan fingerprint density at radius 1 is 1.15 bits per heavy atom. The van der Waals surface area contributed by atoms with Crippen LogP contribution in [-0.2, 0) is 14.6 Å². The van der Waals surface area contributed by atoms with Crippen molar-refractivity contribution in [3.63, 3.8) is 0 Å². The van der Waals surface area contributed by atoms with Crippen molar-refractivity contribution in [2.24, 2.45) is 0 Å². The van der Waals surface area contributed by atoms with Crippen molar-refractivity contribution in [3.05, 3.63) is 64.7 Å². The van der Waals surface area contributed by atoms with Crippen molar-refractivity contribution in [1.29, 1.82) is 5.26 Å². The molecule has 176 valence electrons. The molecule has 3 aromatic rings. The summed E-state index contributed by atoms with van der Waals surface area (Å²) in [5, 5.41) is 11.3. The minimum atomic E-state index is -3.59. The molecule has 1 aromatic heterocycles. The van der Waals surface area contributed by atoms with E-state index >= 15 is 0 Å². The van der Waals surface area contributed by atoms with Crippen LogP contribution in [-0.4, -0.2) is 43.2 Å². The number of nitrogens with one attached hydrogen (secondary N) is 1. The lowest BCUT2D eigenvalue weighted by molar-refractivity contribution is -0.112. The van der Waals surface area contributed by atoms with E-state index in [0.29, 0.717) is 36.1 Å². The summed E-state index contributed by atoms with van der Waals surface area (Å²) in [7, 11) is -3.59. The highest BCUT2D eigenvalue weighted by molar-refractivity contribution is 7.90. The first-order valence-electron chi connectivity index (χ1n) is 10.1.